The molecule has 1 amide bonds. The minimum absolute atomic E-state index is 0.161. The molecule has 58 heavy (non-hydrogen) atoms. The number of aliphatic hydroxyl groups excluding tert-OH is 3. The molecule has 0 fully saturated rings. The van der Waals surface area contributed by atoms with Crippen molar-refractivity contribution in [1.29, 1.82) is 0 Å². The third-order valence-corrected chi connectivity index (χ3v) is 11.9. The molecule has 5 heteroatoms. The van der Waals surface area contributed by atoms with Crippen molar-refractivity contribution in [2.45, 2.75) is 289 Å². The van der Waals surface area contributed by atoms with E-state index in [2.05, 4.69) is 55.6 Å². The van der Waals surface area contributed by atoms with Crippen LogP contribution in [0.25, 0.3) is 0 Å². The van der Waals surface area contributed by atoms with Crippen molar-refractivity contribution in [2.75, 3.05) is 6.61 Å². The molecule has 0 rings (SSSR count). The molecule has 4 N–H and O–H groups in total. The van der Waals surface area contributed by atoms with Gasteiger partial charge in [-0.2, -0.15) is 0 Å². The molecule has 0 aromatic rings. The van der Waals surface area contributed by atoms with Crippen molar-refractivity contribution in [2.24, 2.45) is 0 Å². The van der Waals surface area contributed by atoms with Gasteiger partial charge >= 0.3 is 0 Å². The van der Waals surface area contributed by atoms with Gasteiger partial charge in [-0.1, -0.05) is 224 Å². The first kappa shape index (κ1) is 56.6. The van der Waals surface area contributed by atoms with E-state index in [1.54, 1.807) is 0 Å². The van der Waals surface area contributed by atoms with E-state index in [0.29, 0.717) is 12.8 Å². The highest BCUT2D eigenvalue weighted by molar-refractivity contribution is 5.76. The molecule has 0 aliphatic carbocycles. The molecule has 3 atom stereocenters. The number of hydrogen-bond acceptors (Lipinski definition) is 4. The van der Waals surface area contributed by atoms with Gasteiger partial charge in [0, 0.05) is 6.42 Å². The van der Waals surface area contributed by atoms with Crippen LogP contribution in [-0.2, 0) is 4.79 Å². The third-order valence-electron chi connectivity index (χ3n) is 11.9. The number of carbonyl (C=O) groups excluding carboxylic acids is 1. The molecule has 342 valence electrons. The van der Waals surface area contributed by atoms with Crippen molar-refractivity contribution in [3.05, 3.63) is 36.5 Å². The average Bonchev–Trinajstić information content (AvgIpc) is 3.23. The van der Waals surface area contributed by atoms with Crippen LogP contribution >= 0.6 is 0 Å². The van der Waals surface area contributed by atoms with Gasteiger partial charge in [0.05, 0.1) is 18.8 Å². The van der Waals surface area contributed by atoms with Gasteiger partial charge in [0.1, 0.15) is 6.10 Å². The Bertz CT molecular complexity index is 901. The van der Waals surface area contributed by atoms with Gasteiger partial charge in [-0.3, -0.25) is 4.79 Å². The second kappa shape index (κ2) is 48.2. The maximum atomic E-state index is 12.5. The molecule has 0 aromatic heterocycles. The minimum Gasteiger partial charge on any atom is -0.394 e. The fraction of sp³-hybridized carbons (Fsp3) is 0.868. The Morgan fingerprint density at radius 1 is 0.414 bits per heavy atom. The van der Waals surface area contributed by atoms with Crippen LogP contribution in [0.3, 0.4) is 0 Å². The summed E-state index contributed by atoms with van der Waals surface area (Å²) in [4.78, 5) is 12.5. The molecular weight excluding hydrogens is 715 g/mol. The number of unbranched alkanes of at least 4 members (excludes halogenated alkanes) is 33. The Morgan fingerprint density at radius 3 is 1.05 bits per heavy atom. The summed E-state index contributed by atoms with van der Waals surface area (Å²) in [6.07, 6.45) is 61.4. The maximum absolute atomic E-state index is 12.5. The Morgan fingerprint density at radius 2 is 0.707 bits per heavy atom. The Hall–Kier alpha value is -1.43. The van der Waals surface area contributed by atoms with E-state index in [9.17, 15) is 20.1 Å². The van der Waals surface area contributed by atoms with Crippen molar-refractivity contribution >= 4 is 5.91 Å². The summed E-state index contributed by atoms with van der Waals surface area (Å²) in [6.45, 7) is 4.19. The van der Waals surface area contributed by atoms with Crippen LogP contribution in [0.5, 0.6) is 0 Å². The molecule has 0 radical (unpaired) electrons. The lowest BCUT2D eigenvalue weighted by Gasteiger charge is -2.26. The van der Waals surface area contributed by atoms with Gasteiger partial charge in [0.25, 0.3) is 0 Å². The number of carbonyl (C=O) groups is 1. The lowest BCUT2D eigenvalue weighted by atomic mass is 10.0. The zero-order chi connectivity index (χ0) is 42.3. The molecule has 0 spiro atoms. The van der Waals surface area contributed by atoms with E-state index in [-0.39, 0.29) is 12.5 Å². The van der Waals surface area contributed by atoms with Crippen LogP contribution in [0.2, 0.25) is 0 Å². The molecule has 0 aliphatic heterocycles. The van der Waals surface area contributed by atoms with Crippen molar-refractivity contribution in [1.82, 2.24) is 5.32 Å². The molecule has 0 aromatic carbocycles. The molecule has 5 nitrogen and oxygen atoms in total. The van der Waals surface area contributed by atoms with Gasteiger partial charge in [-0.05, 0) is 77.0 Å². The summed E-state index contributed by atoms with van der Waals surface area (Å²) in [6, 6.07) is -0.835. The van der Waals surface area contributed by atoms with Gasteiger partial charge in [-0.15, -0.1) is 0 Å². The van der Waals surface area contributed by atoms with E-state index in [1.165, 1.54) is 199 Å². The van der Waals surface area contributed by atoms with Crippen molar-refractivity contribution < 1.29 is 20.1 Å². The van der Waals surface area contributed by atoms with E-state index >= 15 is 0 Å². The predicted molar refractivity (Wildman–Crippen MR) is 254 cm³/mol. The van der Waals surface area contributed by atoms with Crippen LogP contribution in [0.4, 0.5) is 0 Å². The van der Waals surface area contributed by atoms with Gasteiger partial charge < -0.3 is 20.6 Å². The molecule has 0 saturated heterocycles. The Labute approximate surface area is 362 Å². The molecule has 0 saturated carbocycles. The molecule has 0 aliphatic rings. The van der Waals surface area contributed by atoms with Crippen LogP contribution in [0.1, 0.15) is 271 Å². The largest absolute Gasteiger partial charge is 0.394 e. The lowest BCUT2D eigenvalue weighted by molar-refractivity contribution is -0.124. The highest BCUT2D eigenvalue weighted by Gasteiger charge is 2.26. The molecule has 0 heterocycles. The quantitative estimate of drug-likeness (QED) is 0.0364. The maximum Gasteiger partial charge on any atom is 0.220 e. The number of aliphatic hydroxyl groups is 3. The third kappa shape index (κ3) is 42.7. The molecular formula is C53H101NO4. The molecule has 3 unspecified atom stereocenters. The molecule has 0 bridgehead atoms. The minimum atomic E-state index is -1.17. The number of allylic oxidation sites excluding steroid dienone is 6. The van der Waals surface area contributed by atoms with E-state index in [4.69, 9.17) is 0 Å². The number of hydrogen-bond donors (Lipinski definition) is 4. The standard InChI is InChI=1S/C53H101NO4/c1-3-5-7-9-11-13-15-17-19-21-23-25-26-28-29-31-33-35-37-39-41-43-45-47-51(56)53(58)50(49-55)54-52(57)48-46-44-42-40-38-36-34-32-30-27-24-22-20-18-16-14-12-10-8-6-4-2/h27,30-31,33,39,41,50-51,53,55-56,58H,3-26,28-29,32,34-38,40,42-49H2,1-2H3,(H,54,57)/b30-27-,33-31+,41-39+. The highest BCUT2D eigenvalue weighted by Crippen LogP contribution is 2.16. The van der Waals surface area contributed by atoms with Crippen LogP contribution in [0.15, 0.2) is 36.5 Å². The monoisotopic (exact) mass is 816 g/mol. The highest BCUT2D eigenvalue weighted by atomic mass is 16.3. The van der Waals surface area contributed by atoms with E-state index < -0.39 is 18.2 Å². The van der Waals surface area contributed by atoms with Gasteiger partial charge in [0.2, 0.25) is 5.91 Å². The summed E-state index contributed by atoms with van der Waals surface area (Å²) in [5.41, 5.74) is 0. The average molecular weight is 816 g/mol. The SMILES string of the molecule is CCCCCCCCCCCC/C=C\CCCCCCCCCC(=O)NC(CO)C(O)C(O)CCC/C=C/CC/C=C/CCCCCCCCCCCCCCCC. The zero-order valence-corrected chi connectivity index (χ0v) is 38.9. The lowest BCUT2D eigenvalue weighted by Crippen LogP contribution is -2.50. The van der Waals surface area contributed by atoms with Crippen LogP contribution in [-0.4, -0.2) is 46.1 Å². The van der Waals surface area contributed by atoms with Gasteiger partial charge in [-0.25, -0.2) is 0 Å². The van der Waals surface area contributed by atoms with E-state index in [0.717, 1.165) is 44.9 Å². The second-order valence-electron chi connectivity index (χ2n) is 17.7. The van der Waals surface area contributed by atoms with Crippen LogP contribution < -0.4 is 5.32 Å². The number of nitrogens with one attached hydrogen (secondary N) is 1. The van der Waals surface area contributed by atoms with Gasteiger partial charge in [0.15, 0.2) is 0 Å². The Kier molecular flexibility index (Phi) is 47.0. The second-order valence-corrected chi connectivity index (χ2v) is 17.7. The summed E-state index contributed by atoms with van der Waals surface area (Å²) >= 11 is 0. The summed E-state index contributed by atoms with van der Waals surface area (Å²) in [5.74, 6) is -0.161. The predicted octanol–water partition coefficient (Wildman–Crippen LogP) is 15.5. The first-order valence-electron chi connectivity index (χ1n) is 25.8. The first-order chi connectivity index (χ1) is 28.6. The van der Waals surface area contributed by atoms with Crippen molar-refractivity contribution in [3.63, 3.8) is 0 Å². The summed E-state index contributed by atoms with van der Waals surface area (Å²) in [7, 11) is 0. The smallest absolute Gasteiger partial charge is 0.220 e. The van der Waals surface area contributed by atoms with Crippen LogP contribution in [0, 0.1) is 0 Å². The zero-order valence-electron chi connectivity index (χ0n) is 38.9. The Balaban J connectivity index is 3.64. The fourth-order valence-corrected chi connectivity index (χ4v) is 7.94. The number of rotatable bonds is 47. The normalized spacial score (nSPS) is 13.7. The summed E-state index contributed by atoms with van der Waals surface area (Å²) < 4.78 is 0. The summed E-state index contributed by atoms with van der Waals surface area (Å²) in [5, 5.41) is 33.6. The van der Waals surface area contributed by atoms with Crippen molar-refractivity contribution in [3.8, 4) is 0 Å². The number of amides is 1. The fourth-order valence-electron chi connectivity index (χ4n) is 7.94. The van der Waals surface area contributed by atoms with E-state index in [1.807, 2.05) is 0 Å². The first-order valence-corrected chi connectivity index (χ1v) is 25.8. The topological polar surface area (TPSA) is 89.8 Å².